The third-order valence-electron chi connectivity index (χ3n) is 2.52. The lowest BCUT2D eigenvalue weighted by atomic mass is 10.1. The van der Waals surface area contributed by atoms with E-state index in [0.29, 0.717) is 6.07 Å². The third kappa shape index (κ3) is 4.80. The lowest BCUT2D eigenvalue weighted by Gasteiger charge is -2.20. The first kappa shape index (κ1) is 16.5. The molecule has 0 saturated heterocycles. The third-order valence-corrected chi connectivity index (χ3v) is 2.52. The molecule has 0 bridgehead atoms. The van der Waals surface area contributed by atoms with Gasteiger partial charge in [-0.05, 0) is 6.07 Å². The first-order valence-corrected chi connectivity index (χ1v) is 5.80. The second-order valence-corrected chi connectivity index (χ2v) is 4.07. The molecule has 0 aliphatic carbocycles. The number of nitro benzene ring substituents is 1. The van der Waals surface area contributed by atoms with Crippen molar-refractivity contribution in [2.24, 2.45) is 0 Å². The minimum Gasteiger partial charge on any atom is -0.480 e. The predicted molar refractivity (Wildman–Crippen MR) is 68.5 cm³/mol. The number of aliphatic carboxylic acids is 1. The first-order chi connectivity index (χ1) is 9.85. The van der Waals surface area contributed by atoms with Crippen LogP contribution in [0, 0.1) is 15.9 Å². The van der Waals surface area contributed by atoms with Crippen LogP contribution in [0.25, 0.3) is 0 Å². The molecule has 0 saturated carbocycles. The van der Waals surface area contributed by atoms with Gasteiger partial charge in [-0.1, -0.05) is 0 Å². The summed E-state index contributed by atoms with van der Waals surface area (Å²) in [5.74, 6) is -3.03. The fraction of sp³-hybridized carbons (Fsp3) is 0.333. The molecular formula is C12H13FN2O6. The van der Waals surface area contributed by atoms with Crippen LogP contribution in [0.3, 0.4) is 0 Å². The lowest BCUT2D eigenvalue weighted by Crippen LogP contribution is -2.38. The van der Waals surface area contributed by atoms with Crippen molar-refractivity contribution in [2.75, 3.05) is 26.8 Å². The summed E-state index contributed by atoms with van der Waals surface area (Å²) in [5, 5.41) is 19.4. The summed E-state index contributed by atoms with van der Waals surface area (Å²) in [7, 11) is 1.37. The highest BCUT2D eigenvalue weighted by molar-refractivity contribution is 5.96. The SMILES string of the molecule is COCCN(CC(=O)O)C(=O)c1cc(F)cc([N+](=O)[O-])c1. The van der Waals surface area contributed by atoms with Gasteiger partial charge < -0.3 is 14.7 Å². The van der Waals surface area contributed by atoms with Crippen molar-refractivity contribution >= 4 is 17.6 Å². The Balaban J connectivity index is 3.07. The van der Waals surface area contributed by atoms with E-state index in [-0.39, 0.29) is 18.7 Å². The standard InChI is InChI=1S/C12H13FN2O6/c1-21-3-2-14(7-11(16)17)12(18)8-4-9(13)6-10(5-8)15(19)20/h4-6H,2-3,7H2,1H3,(H,16,17). The molecule has 0 heterocycles. The summed E-state index contributed by atoms with van der Waals surface area (Å²) in [6.45, 7) is -0.575. The fourth-order valence-electron chi connectivity index (χ4n) is 1.60. The van der Waals surface area contributed by atoms with E-state index >= 15 is 0 Å². The molecule has 21 heavy (non-hydrogen) atoms. The van der Waals surface area contributed by atoms with Gasteiger partial charge in [-0.3, -0.25) is 19.7 Å². The number of non-ortho nitro benzene ring substituents is 1. The van der Waals surface area contributed by atoms with Crippen LogP contribution in [0.15, 0.2) is 18.2 Å². The fourth-order valence-corrected chi connectivity index (χ4v) is 1.60. The van der Waals surface area contributed by atoms with Crippen molar-refractivity contribution in [2.45, 2.75) is 0 Å². The van der Waals surface area contributed by atoms with Gasteiger partial charge in [0.1, 0.15) is 12.4 Å². The molecule has 0 spiro atoms. The average Bonchev–Trinajstić information content (AvgIpc) is 2.41. The molecule has 0 unspecified atom stereocenters. The number of benzene rings is 1. The van der Waals surface area contributed by atoms with Crippen LogP contribution in [0.2, 0.25) is 0 Å². The molecule has 1 amide bonds. The number of carbonyl (C=O) groups excluding carboxylic acids is 1. The zero-order valence-electron chi connectivity index (χ0n) is 11.1. The van der Waals surface area contributed by atoms with Gasteiger partial charge in [-0.25, -0.2) is 4.39 Å². The molecular weight excluding hydrogens is 287 g/mol. The van der Waals surface area contributed by atoms with Crippen LogP contribution < -0.4 is 0 Å². The molecule has 1 rings (SSSR count). The van der Waals surface area contributed by atoms with Gasteiger partial charge in [0.25, 0.3) is 11.6 Å². The number of carbonyl (C=O) groups is 2. The van der Waals surface area contributed by atoms with E-state index in [1.165, 1.54) is 7.11 Å². The maximum absolute atomic E-state index is 13.3. The zero-order chi connectivity index (χ0) is 16.0. The number of carboxylic acids is 1. The van der Waals surface area contributed by atoms with Gasteiger partial charge in [0, 0.05) is 25.3 Å². The van der Waals surface area contributed by atoms with Crippen molar-refractivity contribution in [3.05, 3.63) is 39.7 Å². The Morgan fingerprint density at radius 3 is 2.62 bits per heavy atom. The summed E-state index contributed by atoms with van der Waals surface area (Å²) in [5.41, 5.74) is -0.876. The first-order valence-electron chi connectivity index (χ1n) is 5.80. The smallest absolute Gasteiger partial charge is 0.323 e. The minimum atomic E-state index is -1.26. The highest BCUT2D eigenvalue weighted by atomic mass is 19.1. The van der Waals surface area contributed by atoms with Gasteiger partial charge in [0.15, 0.2) is 0 Å². The highest BCUT2D eigenvalue weighted by Crippen LogP contribution is 2.17. The number of carboxylic acid groups (broad SMARTS) is 1. The number of ether oxygens (including phenoxy) is 1. The Hall–Kier alpha value is -2.55. The molecule has 8 nitrogen and oxygen atoms in total. The van der Waals surface area contributed by atoms with E-state index < -0.39 is 34.8 Å². The molecule has 9 heteroatoms. The summed E-state index contributed by atoms with van der Waals surface area (Å²) in [4.78, 5) is 33.6. The summed E-state index contributed by atoms with van der Waals surface area (Å²) in [6.07, 6.45) is 0. The molecule has 0 aliphatic rings. The molecule has 1 aromatic carbocycles. The quantitative estimate of drug-likeness (QED) is 0.592. The van der Waals surface area contributed by atoms with E-state index in [2.05, 4.69) is 0 Å². The van der Waals surface area contributed by atoms with Crippen molar-refractivity contribution in [3.63, 3.8) is 0 Å². The van der Waals surface area contributed by atoms with Crippen LogP contribution in [0.1, 0.15) is 10.4 Å². The van der Waals surface area contributed by atoms with Crippen molar-refractivity contribution < 1.29 is 28.7 Å². The Bertz CT molecular complexity index is 563. The largest absolute Gasteiger partial charge is 0.480 e. The van der Waals surface area contributed by atoms with E-state index in [1.807, 2.05) is 0 Å². The Labute approximate surface area is 118 Å². The van der Waals surface area contributed by atoms with E-state index in [1.54, 1.807) is 0 Å². The second kappa shape index (κ2) is 7.29. The van der Waals surface area contributed by atoms with Crippen molar-refractivity contribution in [1.29, 1.82) is 0 Å². The van der Waals surface area contributed by atoms with E-state index in [4.69, 9.17) is 9.84 Å². The molecule has 1 N–H and O–H groups in total. The lowest BCUT2D eigenvalue weighted by molar-refractivity contribution is -0.385. The van der Waals surface area contributed by atoms with Crippen molar-refractivity contribution in [1.82, 2.24) is 4.90 Å². The number of nitro groups is 1. The molecule has 0 aromatic heterocycles. The zero-order valence-corrected chi connectivity index (χ0v) is 11.1. The van der Waals surface area contributed by atoms with Gasteiger partial charge >= 0.3 is 5.97 Å². The number of nitrogens with zero attached hydrogens (tertiary/aromatic N) is 2. The number of hydrogen-bond donors (Lipinski definition) is 1. The second-order valence-electron chi connectivity index (χ2n) is 4.07. The number of halogens is 1. The molecule has 0 atom stereocenters. The predicted octanol–water partition coefficient (Wildman–Crippen LogP) is 0.907. The Morgan fingerprint density at radius 2 is 2.10 bits per heavy atom. The molecule has 0 fully saturated rings. The maximum atomic E-state index is 13.3. The highest BCUT2D eigenvalue weighted by Gasteiger charge is 2.21. The number of rotatable bonds is 7. The topological polar surface area (TPSA) is 110 Å². The van der Waals surface area contributed by atoms with E-state index in [0.717, 1.165) is 17.0 Å². The monoisotopic (exact) mass is 300 g/mol. The summed E-state index contributed by atoms with van der Waals surface area (Å²) in [6, 6.07) is 2.39. The molecule has 0 aliphatic heterocycles. The van der Waals surface area contributed by atoms with Gasteiger partial charge in [0.2, 0.25) is 0 Å². The van der Waals surface area contributed by atoms with Crippen LogP contribution in [0.4, 0.5) is 10.1 Å². The molecule has 114 valence electrons. The summed E-state index contributed by atoms with van der Waals surface area (Å²) >= 11 is 0. The Kier molecular flexibility index (Phi) is 5.73. The van der Waals surface area contributed by atoms with Gasteiger partial charge in [-0.15, -0.1) is 0 Å². The number of hydrogen-bond acceptors (Lipinski definition) is 5. The molecule has 1 aromatic rings. The summed E-state index contributed by atoms with van der Waals surface area (Å²) < 4.78 is 18.1. The van der Waals surface area contributed by atoms with Gasteiger partial charge in [0.05, 0.1) is 17.6 Å². The van der Waals surface area contributed by atoms with Crippen molar-refractivity contribution in [3.8, 4) is 0 Å². The van der Waals surface area contributed by atoms with E-state index in [9.17, 15) is 24.1 Å². The van der Waals surface area contributed by atoms with Crippen LogP contribution in [-0.2, 0) is 9.53 Å². The van der Waals surface area contributed by atoms with Crippen LogP contribution in [0.5, 0.6) is 0 Å². The maximum Gasteiger partial charge on any atom is 0.323 e. The normalized spacial score (nSPS) is 10.2. The average molecular weight is 300 g/mol. The van der Waals surface area contributed by atoms with Gasteiger partial charge in [-0.2, -0.15) is 0 Å². The molecule has 0 radical (unpaired) electrons. The number of methoxy groups -OCH3 is 1. The van der Waals surface area contributed by atoms with Crippen LogP contribution >= 0.6 is 0 Å². The van der Waals surface area contributed by atoms with Crippen LogP contribution in [-0.4, -0.2) is 53.6 Å². The number of amides is 1. The minimum absolute atomic E-state index is 0.0358. The Morgan fingerprint density at radius 1 is 1.43 bits per heavy atom.